The summed E-state index contributed by atoms with van der Waals surface area (Å²) in [5.74, 6) is 0.579. The number of nitrogens with two attached hydrogens (primary N) is 1. The predicted octanol–water partition coefficient (Wildman–Crippen LogP) is 3.38. The van der Waals surface area contributed by atoms with Crippen LogP contribution in [0.2, 0.25) is 0 Å². The molecule has 0 radical (unpaired) electrons. The van der Waals surface area contributed by atoms with Crippen LogP contribution < -0.4 is 5.73 Å². The van der Waals surface area contributed by atoms with Crippen molar-refractivity contribution in [2.75, 3.05) is 5.73 Å². The van der Waals surface area contributed by atoms with Crippen molar-refractivity contribution < 1.29 is 0 Å². The van der Waals surface area contributed by atoms with Crippen molar-refractivity contribution in [1.29, 1.82) is 0 Å². The zero-order valence-corrected chi connectivity index (χ0v) is 10.4. The van der Waals surface area contributed by atoms with Crippen LogP contribution in [0.4, 0.5) is 5.69 Å². The lowest BCUT2D eigenvalue weighted by Gasteiger charge is -2.08. The molecule has 1 heterocycles. The van der Waals surface area contributed by atoms with Gasteiger partial charge in [0.05, 0.1) is 11.9 Å². The van der Waals surface area contributed by atoms with Crippen molar-refractivity contribution in [2.24, 2.45) is 0 Å². The first-order valence-electron chi connectivity index (χ1n) is 5.94. The van der Waals surface area contributed by atoms with Gasteiger partial charge >= 0.3 is 0 Å². The number of pyridine rings is 1. The van der Waals surface area contributed by atoms with E-state index in [2.05, 4.69) is 43.1 Å². The van der Waals surface area contributed by atoms with E-state index < -0.39 is 0 Å². The Hall–Kier alpha value is -1.83. The van der Waals surface area contributed by atoms with Gasteiger partial charge in [0.15, 0.2) is 0 Å². The molecule has 0 aliphatic rings. The molecule has 0 saturated carbocycles. The summed E-state index contributed by atoms with van der Waals surface area (Å²) >= 11 is 0. The monoisotopic (exact) mass is 226 g/mol. The van der Waals surface area contributed by atoms with Crippen LogP contribution in [0.15, 0.2) is 42.7 Å². The molecule has 17 heavy (non-hydrogen) atoms. The van der Waals surface area contributed by atoms with E-state index in [0.29, 0.717) is 5.92 Å². The van der Waals surface area contributed by atoms with Gasteiger partial charge in [-0.25, -0.2) is 0 Å². The minimum atomic E-state index is 0.579. The van der Waals surface area contributed by atoms with E-state index in [-0.39, 0.29) is 0 Å². The Morgan fingerprint density at radius 2 is 1.82 bits per heavy atom. The molecule has 0 unspecified atom stereocenters. The zero-order valence-electron chi connectivity index (χ0n) is 10.4. The van der Waals surface area contributed by atoms with Crippen molar-refractivity contribution in [1.82, 2.24) is 4.98 Å². The van der Waals surface area contributed by atoms with Gasteiger partial charge in [-0.3, -0.25) is 4.98 Å². The molecule has 2 aromatic rings. The molecular weight excluding hydrogens is 208 g/mol. The SMILES string of the molecule is CC(C)c1ccc(Cc2ccncc2N)cc1. The van der Waals surface area contributed by atoms with Gasteiger partial charge in [-0.15, -0.1) is 0 Å². The van der Waals surface area contributed by atoms with Crippen LogP contribution in [0.3, 0.4) is 0 Å². The smallest absolute Gasteiger partial charge is 0.0536 e. The molecule has 2 heteroatoms. The first-order valence-corrected chi connectivity index (χ1v) is 5.94. The standard InChI is InChI=1S/C15H18N2/c1-11(2)13-5-3-12(4-6-13)9-14-7-8-17-10-15(14)16/h3-8,10-11H,9,16H2,1-2H3. The van der Waals surface area contributed by atoms with Gasteiger partial charge in [0.1, 0.15) is 0 Å². The Balaban J connectivity index is 2.17. The van der Waals surface area contributed by atoms with Crippen LogP contribution in [-0.4, -0.2) is 4.98 Å². The van der Waals surface area contributed by atoms with Crippen molar-refractivity contribution in [3.8, 4) is 0 Å². The first-order chi connectivity index (χ1) is 8.16. The number of hydrogen-bond donors (Lipinski definition) is 1. The molecule has 1 aromatic carbocycles. The van der Waals surface area contributed by atoms with E-state index in [1.165, 1.54) is 11.1 Å². The lowest BCUT2D eigenvalue weighted by Crippen LogP contribution is -1.96. The maximum Gasteiger partial charge on any atom is 0.0536 e. The summed E-state index contributed by atoms with van der Waals surface area (Å²) in [6.45, 7) is 4.41. The highest BCUT2D eigenvalue weighted by atomic mass is 14.7. The zero-order chi connectivity index (χ0) is 12.3. The second kappa shape index (κ2) is 5.00. The molecule has 0 bridgehead atoms. The Morgan fingerprint density at radius 3 is 2.41 bits per heavy atom. The van der Waals surface area contributed by atoms with Gasteiger partial charge in [0.25, 0.3) is 0 Å². The third kappa shape index (κ3) is 2.84. The Morgan fingerprint density at radius 1 is 1.12 bits per heavy atom. The molecule has 0 fully saturated rings. The van der Waals surface area contributed by atoms with Gasteiger partial charge in [-0.05, 0) is 35.1 Å². The van der Waals surface area contributed by atoms with E-state index in [0.717, 1.165) is 17.7 Å². The summed E-state index contributed by atoms with van der Waals surface area (Å²) < 4.78 is 0. The lowest BCUT2D eigenvalue weighted by molar-refractivity contribution is 0.865. The molecule has 0 spiro atoms. The number of rotatable bonds is 3. The summed E-state index contributed by atoms with van der Waals surface area (Å²) in [4.78, 5) is 4.00. The molecule has 2 rings (SSSR count). The van der Waals surface area contributed by atoms with Crippen LogP contribution in [0, 0.1) is 0 Å². The van der Waals surface area contributed by atoms with E-state index in [9.17, 15) is 0 Å². The van der Waals surface area contributed by atoms with Crippen LogP contribution >= 0.6 is 0 Å². The van der Waals surface area contributed by atoms with Crippen molar-refractivity contribution in [3.05, 3.63) is 59.4 Å². The molecule has 2 nitrogen and oxygen atoms in total. The van der Waals surface area contributed by atoms with Crippen molar-refractivity contribution in [2.45, 2.75) is 26.2 Å². The van der Waals surface area contributed by atoms with Crippen molar-refractivity contribution >= 4 is 5.69 Å². The summed E-state index contributed by atoms with van der Waals surface area (Å²) in [5, 5.41) is 0. The Bertz CT molecular complexity index is 487. The Labute approximate surface area is 103 Å². The fourth-order valence-corrected chi connectivity index (χ4v) is 1.84. The minimum Gasteiger partial charge on any atom is -0.397 e. The molecule has 2 N–H and O–H groups in total. The van der Waals surface area contributed by atoms with E-state index in [1.54, 1.807) is 12.4 Å². The molecule has 0 aliphatic heterocycles. The maximum absolute atomic E-state index is 5.88. The molecular formula is C15H18N2. The average molecular weight is 226 g/mol. The van der Waals surface area contributed by atoms with Crippen LogP contribution in [0.5, 0.6) is 0 Å². The number of aromatic nitrogens is 1. The maximum atomic E-state index is 5.88. The third-order valence-electron chi connectivity index (χ3n) is 2.99. The molecule has 0 amide bonds. The lowest BCUT2D eigenvalue weighted by atomic mass is 9.99. The van der Waals surface area contributed by atoms with E-state index in [4.69, 9.17) is 5.73 Å². The molecule has 0 atom stereocenters. The highest BCUT2D eigenvalue weighted by Crippen LogP contribution is 2.18. The van der Waals surface area contributed by atoms with Gasteiger partial charge in [0.2, 0.25) is 0 Å². The highest BCUT2D eigenvalue weighted by Gasteiger charge is 2.02. The molecule has 0 saturated heterocycles. The van der Waals surface area contributed by atoms with Crippen LogP contribution in [0.25, 0.3) is 0 Å². The second-order valence-electron chi connectivity index (χ2n) is 4.65. The van der Waals surface area contributed by atoms with Gasteiger partial charge in [-0.2, -0.15) is 0 Å². The van der Waals surface area contributed by atoms with E-state index in [1.807, 2.05) is 6.07 Å². The first kappa shape index (κ1) is 11.6. The fourth-order valence-electron chi connectivity index (χ4n) is 1.84. The van der Waals surface area contributed by atoms with Crippen LogP contribution in [0.1, 0.15) is 36.5 Å². The fraction of sp³-hybridized carbons (Fsp3) is 0.267. The van der Waals surface area contributed by atoms with Gasteiger partial charge in [-0.1, -0.05) is 38.1 Å². The summed E-state index contributed by atoms with van der Waals surface area (Å²) in [6.07, 6.45) is 4.36. The predicted molar refractivity (Wildman–Crippen MR) is 72.0 cm³/mol. The third-order valence-corrected chi connectivity index (χ3v) is 2.99. The number of nitrogen functional groups attached to an aromatic ring is 1. The summed E-state index contributed by atoms with van der Waals surface area (Å²) in [7, 11) is 0. The summed E-state index contributed by atoms with van der Waals surface area (Å²) in [5.41, 5.74) is 10.4. The Kier molecular flexibility index (Phi) is 3.43. The molecule has 1 aromatic heterocycles. The topological polar surface area (TPSA) is 38.9 Å². The number of benzene rings is 1. The van der Waals surface area contributed by atoms with E-state index >= 15 is 0 Å². The quantitative estimate of drug-likeness (QED) is 0.871. The number of nitrogens with zero attached hydrogens (tertiary/aromatic N) is 1. The summed E-state index contributed by atoms with van der Waals surface area (Å²) in [6, 6.07) is 10.7. The minimum absolute atomic E-state index is 0.579. The molecule has 88 valence electrons. The highest BCUT2D eigenvalue weighted by molar-refractivity contribution is 5.46. The van der Waals surface area contributed by atoms with Crippen LogP contribution in [-0.2, 0) is 6.42 Å². The van der Waals surface area contributed by atoms with Crippen molar-refractivity contribution in [3.63, 3.8) is 0 Å². The number of anilines is 1. The normalized spacial score (nSPS) is 10.8. The van der Waals surface area contributed by atoms with Gasteiger partial charge < -0.3 is 5.73 Å². The second-order valence-corrected chi connectivity index (χ2v) is 4.65. The van der Waals surface area contributed by atoms with Gasteiger partial charge in [0, 0.05) is 6.20 Å². The largest absolute Gasteiger partial charge is 0.397 e. The molecule has 0 aliphatic carbocycles. The number of hydrogen-bond acceptors (Lipinski definition) is 2. The average Bonchev–Trinajstić information content (AvgIpc) is 2.33.